The maximum atomic E-state index is 13.0. The highest BCUT2D eigenvalue weighted by Crippen LogP contribution is 2.55. The summed E-state index contributed by atoms with van der Waals surface area (Å²) in [6, 6.07) is 3.92. The predicted molar refractivity (Wildman–Crippen MR) is 79.8 cm³/mol. The number of nitrogens with one attached hydrogen (secondary N) is 1. The van der Waals surface area contributed by atoms with Gasteiger partial charge in [-0.25, -0.2) is 9.18 Å². The molecule has 2 amide bonds. The number of halogens is 2. The highest BCUT2D eigenvalue weighted by Gasteiger charge is 2.52. The molecule has 4 rings (SSSR count). The van der Waals surface area contributed by atoms with Gasteiger partial charge in [0.1, 0.15) is 5.82 Å². The Labute approximate surface area is 128 Å². The monoisotopic (exact) mass is 308 g/mol. The molecule has 3 nitrogen and oxygen atoms in total. The first-order valence-electron chi connectivity index (χ1n) is 7.63. The second-order valence-electron chi connectivity index (χ2n) is 6.62. The molecule has 1 N–H and O–H groups in total. The van der Waals surface area contributed by atoms with Crippen LogP contribution in [-0.4, -0.2) is 24.0 Å². The Kier molecular flexibility index (Phi) is 3.10. The summed E-state index contributed by atoms with van der Waals surface area (Å²) in [5.74, 6) is 2.64. The number of fused-ring (bicyclic) bond motifs is 5. The lowest BCUT2D eigenvalue weighted by atomic mass is 9.82. The Bertz CT molecular complexity index is 576. The van der Waals surface area contributed by atoms with Crippen molar-refractivity contribution in [2.75, 3.05) is 18.4 Å². The number of hydrogen-bond donors (Lipinski definition) is 1. The summed E-state index contributed by atoms with van der Waals surface area (Å²) < 4.78 is 13.0. The Balaban J connectivity index is 1.44. The third-order valence-corrected chi connectivity index (χ3v) is 5.91. The highest BCUT2D eigenvalue weighted by molar-refractivity contribution is 6.33. The van der Waals surface area contributed by atoms with Gasteiger partial charge < -0.3 is 10.2 Å². The molecular formula is C16H18ClFN2O. The van der Waals surface area contributed by atoms with Crippen molar-refractivity contribution in [3.8, 4) is 0 Å². The summed E-state index contributed by atoms with van der Waals surface area (Å²) in [6.07, 6.45) is 4.05. The second-order valence-corrected chi connectivity index (χ2v) is 7.03. The predicted octanol–water partition coefficient (Wildman–Crippen LogP) is 3.99. The van der Waals surface area contributed by atoms with Crippen LogP contribution in [0.15, 0.2) is 18.2 Å². The van der Waals surface area contributed by atoms with Crippen molar-refractivity contribution in [3.63, 3.8) is 0 Å². The smallest absolute Gasteiger partial charge is 0.321 e. The number of carbonyl (C=O) groups excluding carboxylic acids is 1. The topological polar surface area (TPSA) is 32.3 Å². The molecule has 0 unspecified atom stereocenters. The molecule has 0 aromatic heterocycles. The number of benzene rings is 1. The van der Waals surface area contributed by atoms with Crippen LogP contribution in [0.5, 0.6) is 0 Å². The average Bonchev–Trinajstić information content (AvgIpc) is 3.12. The fourth-order valence-electron chi connectivity index (χ4n) is 4.63. The van der Waals surface area contributed by atoms with Gasteiger partial charge in [0.2, 0.25) is 0 Å². The van der Waals surface area contributed by atoms with Gasteiger partial charge in [0, 0.05) is 13.1 Å². The first-order chi connectivity index (χ1) is 10.1. The van der Waals surface area contributed by atoms with Crippen LogP contribution in [0.1, 0.15) is 19.3 Å². The fourth-order valence-corrected chi connectivity index (χ4v) is 4.85. The molecule has 0 spiro atoms. The van der Waals surface area contributed by atoms with E-state index < -0.39 is 5.82 Å². The van der Waals surface area contributed by atoms with Crippen molar-refractivity contribution in [2.24, 2.45) is 23.7 Å². The lowest BCUT2D eigenvalue weighted by Gasteiger charge is -2.22. The van der Waals surface area contributed by atoms with Gasteiger partial charge in [0.05, 0.1) is 10.7 Å². The Morgan fingerprint density at radius 3 is 2.52 bits per heavy atom. The van der Waals surface area contributed by atoms with E-state index >= 15 is 0 Å². The first-order valence-corrected chi connectivity index (χ1v) is 8.00. The number of carbonyl (C=O) groups is 1. The molecule has 1 aliphatic heterocycles. The summed E-state index contributed by atoms with van der Waals surface area (Å²) in [5.41, 5.74) is 0.475. The zero-order valence-corrected chi connectivity index (χ0v) is 12.4. The summed E-state index contributed by atoms with van der Waals surface area (Å²) in [6.45, 7) is 1.72. The summed E-state index contributed by atoms with van der Waals surface area (Å²) in [7, 11) is 0. The van der Waals surface area contributed by atoms with Gasteiger partial charge in [-0.3, -0.25) is 0 Å². The molecule has 3 aliphatic rings. The molecule has 0 radical (unpaired) electrons. The lowest BCUT2D eigenvalue weighted by Crippen LogP contribution is -2.34. The summed E-state index contributed by atoms with van der Waals surface area (Å²) in [4.78, 5) is 14.3. The minimum Gasteiger partial charge on any atom is -0.324 e. The van der Waals surface area contributed by atoms with Crippen LogP contribution < -0.4 is 5.32 Å². The van der Waals surface area contributed by atoms with Crippen molar-refractivity contribution in [1.29, 1.82) is 0 Å². The maximum absolute atomic E-state index is 13.0. The average molecular weight is 309 g/mol. The molecule has 1 heterocycles. The Hall–Kier alpha value is -1.29. The Morgan fingerprint density at radius 2 is 1.90 bits per heavy atom. The van der Waals surface area contributed by atoms with Crippen LogP contribution in [-0.2, 0) is 0 Å². The van der Waals surface area contributed by atoms with Crippen molar-refractivity contribution in [1.82, 2.24) is 4.90 Å². The van der Waals surface area contributed by atoms with E-state index in [9.17, 15) is 9.18 Å². The minimum atomic E-state index is -0.398. The quantitative estimate of drug-likeness (QED) is 0.836. The van der Waals surface area contributed by atoms with E-state index in [0.29, 0.717) is 17.5 Å². The van der Waals surface area contributed by atoms with Crippen LogP contribution in [0.4, 0.5) is 14.9 Å². The second kappa shape index (κ2) is 4.87. The van der Waals surface area contributed by atoms with Crippen LogP contribution in [0, 0.1) is 29.5 Å². The van der Waals surface area contributed by atoms with Gasteiger partial charge >= 0.3 is 6.03 Å². The summed E-state index contributed by atoms with van der Waals surface area (Å²) >= 11 is 5.96. The zero-order valence-electron chi connectivity index (χ0n) is 11.7. The molecule has 2 saturated carbocycles. The van der Waals surface area contributed by atoms with Crippen molar-refractivity contribution >= 4 is 23.3 Å². The number of amides is 2. The minimum absolute atomic E-state index is 0.114. The standard InChI is InChI=1S/C16H18ClFN2O/c17-14-6-11(18)3-4-15(14)19-16(21)20-7-12-9-1-2-10(5-9)13(12)8-20/h3-4,6,9-10,12-13H,1-2,5,7-8H2,(H,19,21)/t9-,10+,12-,13+. The van der Waals surface area contributed by atoms with E-state index in [2.05, 4.69) is 5.32 Å². The lowest BCUT2D eigenvalue weighted by molar-refractivity contribution is 0.217. The molecule has 2 bridgehead atoms. The number of anilines is 1. The molecule has 112 valence electrons. The van der Waals surface area contributed by atoms with Gasteiger partial charge in [0.25, 0.3) is 0 Å². The van der Waals surface area contributed by atoms with Crippen molar-refractivity contribution in [3.05, 3.63) is 29.0 Å². The van der Waals surface area contributed by atoms with E-state index in [1.807, 2.05) is 4.90 Å². The van der Waals surface area contributed by atoms with Crippen LogP contribution >= 0.6 is 11.6 Å². The van der Waals surface area contributed by atoms with Crippen LogP contribution in [0.25, 0.3) is 0 Å². The molecule has 3 fully saturated rings. The molecule has 1 aromatic carbocycles. The van der Waals surface area contributed by atoms with Gasteiger partial charge in [0.15, 0.2) is 0 Å². The third kappa shape index (κ3) is 2.20. The number of nitrogens with zero attached hydrogens (tertiary/aromatic N) is 1. The van der Waals surface area contributed by atoms with Crippen molar-refractivity contribution < 1.29 is 9.18 Å². The number of likely N-dealkylation sites (tertiary alicyclic amines) is 1. The molecule has 4 atom stereocenters. The molecule has 1 saturated heterocycles. The molecular weight excluding hydrogens is 291 g/mol. The van der Waals surface area contributed by atoms with Crippen LogP contribution in [0.2, 0.25) is 5.02 Å². The van der Waals surface area contributed by atoms with Crippen molar-refractivity contribution in [2.45, 2.75) is 19.3 Å². The largest absolute Gasteiger partial charge is 0.324 e. The molecule has 2 aliphatic carbocycles. The molecule has 21 heavy (non-hydrogen) atoms. The van der Waals surface area contributed by atoms with Gasteiger partial charge in [-0.2, -0.15) is 0 Å². The molecule has 5 heteroatoms. The number of urea groups is 1. The maximum Gasteiger partial charge on any atom is 0.321 e. The van der Waals surface area contributed by atoms with Gasteiger partial charge in [-0.05, 0) is 61.1 Å². The van der Waals surface area contributed by atoms with E-state index in [0.717, 1.165) is 24.9 Å². The summed E-state index contributed by atoms with van der Waals surface area (Å²) in [5, 5.41) is 3.05. The number of rotatable bonds is 1. The molecule has 1 aromatic rings. The number of hydrogen-bond acceptors (Lipinski definition) is 1. The van der Waals surface area contributed by atoms with E-state index in [4.69, 9.17) is 11.6 Å². The third-order valence-electron chi connectivity index (χ3n) is 5.60. The highest BCUT2D eigenvalue weighted by atomic mass is 35.5. The van der Waals surface area contributed by atoms with Crippen LogP contribution in [0.3, 0.4) is 0 Å². The van der Waals surface area contributed by atoms with Gasteiger partial charge in [-0.1, -0.05) is 11.6 Å². The fraction of sp³-hybridized carbons (Fsp3) is 0.562. The van der Waals surface area contributed by atoms with E-state index in [1.54, 1.807) is 0 Å². The van der Waals surface area contributed by atoms with Gasteiger partial charge in [-0.15, -0.1) is 0 Å². The Morgan fingerprint density at radius 1 is 1.24 bits per heavy atom. The first kappa shape index (κ1) is 13.4. The van der Waals surface area contributed by atoms with E-state index in [-0.39, 0.29) is 11.1 Å². The normalized spacial score (nSPS) is 33.3. The van der Waals surface area contributed by atoms with E-state index in [1.165, 1.54) is 37.5 Å². The SMILES string of the molecule is O=C(Nc1ccc(F)cc1Cl)N1C[C@@H]2[C@@H]3CC[C@@H](C3)[C@@H]2C1. The zero-order chi connectivity index (χ0) is 14.6.